The Labute approximate surface area is 121 Å². The summed E-state index contributed by atoms with van der Waals surface area (Å²) in [5, 5.41) is 20.3. The van der Waals surface area contributed by atoms with Gasteiger partial charge in [0.1, 0.15) is 11.5 Å². The third kappa shape index (κ3) is 2.84. The molecule has 106 valence electrons. The zero-order chi connectivity index (χ0) is 14.7. The lowest BCUT2D eigenvalue weighted by Crippen LogP contribution is -1.92. The molecule has 0 atom stereocenters. The van der Waals surface area contributed by atoms with Crippen molar-refractivity contribution < 1.29 is 19.7 Å². The van der Waals surface area contributed by atoms with Crippen molar-refractivity contribution in [2.75, 3.05) is 6.79 Å². The molecule has 0 bridgehead atoms. The van der Waals surface area contributed by atoms with Gasteiger partial charge in [-0.3, -0.25) is 0 Å². The molecule has 0 radical (unpaired) electrons. The number of ether oxygens (including phenoxy) is 2. The Hall–Kier alpha value is -2.88. The Morgan fingerprint density at radius 3 is 2.38 bits per heavy atom. The summed E-state index contributed by atoms with van der Waals surface area (Å²) >= 11 is 0. The largest absolute Gasteiger partial charge is 0.508 e. The third-order valence-corrected chi connectivity index (χ3v) is 3.12. The van der Waals surface area contributed by atoms with Gasteiger partial charge in [0.15, 0.2) is 11.5 Å². The highest BCUT2D eigenvalue weighted by molar-refractivity contribution is 5.87. The van der Waals surface area contributed by atoms with Gasteiger partial charge in [0.05, 0.1) is 0 Å². The van der Waals surface area contributed by atoms with E-state index in [9.17, 15) is 5.11 Å². The van der Waals surface area contributed by atoms with Gasteiger partial charge in [-0.15, -0.1) is 0 Å². The molecule has 0 aliphatic carbocycles. The maximum absolute atomic E-state index is 9.37. The van der Waals surface area contributed by atoms with Crippen molar-refractivity contribution in [2.24, 2.45) is 0 Å². The van der Waals surface area contributed by atoms with Crippen LogP contribution in [0.5, 0.6) is 23.0 Å². The summed E-state index contributed by atoms with van der Waals surface area (Å²) in [4.78, 5) is 0. The Morgan fingerprint density at radius 2 is 1.52 bits per heavy atom. The highest BCUT2D eigenvalue weighted by Crippen LogP contribution is 2.34. The second-order valence-electron chi connectivity index (χ2n) is 4.54. The van der Waals surface area contributed by atoms with E-state index in [-0.39, 0.29) is 12.5 Å². The van der Waals surface area contributed by atoms with E-state index in [1.807, 2.05) is 36.4 Å². The van der Waals surface area contributed by atoms with Gasteiger partial charge < -0.3 is 19.7 Å². The van der Waals surface area contributed by atoms with Crippen LogP contribution in [0.3, 0.4) is 0 Å². The van der Waals surface area contributed by atoms with Crippen LogP contribution in [-0.4, -0.2) is 17.0 Å². The smallest absolute Gasteiger partial charge is 0.231 e. The quantitative estimate of drug-likeness (QED) is 0.660. The predicted octanol–water partition coefficient (Wildman–Crippen LogP) is 3.67. The molecule has 1 heterocycles. The minimum atomic E-state index is 0.198. The number of phenolic OH excluding ortho intramolecular Hbond substituents is 2. The average Bonchev–Trinajstić information content (AvgIpc) is 2.96. The fraction of sp³-hybridized carbons (Fsp3) is 0.0588. The van der Waals surface area contributed by atoms with Gasteiger partial charge in [-0.2, -0.15) is 0 Å². The predicted molar refractivity (Wildman–Crippen MR) is 79.8 cm³/mol. The van der Waals surface area contributed by atoms with E-state index in [1.165, 1.54) is 6.07 Å². The lowest BCUT2D eigenvalue weighted by Gasteiger charge is -1.97. The van der Waals surface area contributed by atoms with Gasteiger partial charge in [0, 0.05) is 11.5 Å². The van der Waals surface area contributed by atoms with Crippen molar-refractivity contribution in [1.29, 1.82) is 0 Å². The van der Waals surface area contributed by atoms with Crippen LogP contribution in [-0.2, 0) is 0 Å². The number of fused-ring (bicyclic) bond motifs is 2. The first-order valence-corrected chi connectivity index (χ1v) is 6.49. The van der Waals surface area contributed by atoms with Gasteiger partial charge in [-0.05, 0) is 23.6 Å². The van der Waals surface area contributed by atoms with Crippen LogP contribution in [0.25, 0.3) is 10.8 Å². The van der Waals surface area contributed by atoms with E-state index in [0.717, 1.165) is 10.8 Å². The van der Waals surface area contributed by atoms with E-state index in [1.54, 1.807) is 18.2 Å². The molecular formula is C17H14O4. The minimum Gasteiger partial charge on any atom is -0.508 e. The van der Waals surface area contributed by atoms with Crippen LogP contribution < -0.4 is 9.47 Å². The summed E-state index contributed by atoms with van der Waals surface area (Å²) in [5.41, 5.74) is 0. The molecule has 4 nitrogen and oxygen atoms in total. The Bertz CT molecular complexity index is 762. The van der Waals surface area contributed by atoms with Crippen molar-refractivity contribution in [3.05, 3.63) is 60.7 Å². The molecule has 0 fully saturated rings. The molecule has 0 saturated carbocycles. The second kappa shape index (κ2) is 5.63. The Morgan fingerprint density at radius 1 is 0.762 bits per heavy atom. The summed E-state index contributed by atoms with van der Waals surface area (Å²) in [6.45, 7) is 0.249. The van der Waals surface area contributed by atoms with E-state index >= 15 is 0 Å². The molecule has 0 aromatic heterocycles. The zero-order valence-electron chi connectivity index (χ0n) is 11.2. The first-order valence-electron chi connectivity index (χ1n) is 6.49. The van der Waals surface area contributed by atoms with E-state index < -0.39 is 0 Å². The fourth-order valence-electron chi connectivity index (χ4n) is 2.09. The summed E-state index contributed by atoms with van der Waals surface area (Å²) in [7, 11) is 0. The van der Waals surface area contributed by atoms with Crippen molar-refractivity contribution in [2.45, 2.75) is 0 Å². The number of benzene rings is 3. The maximum atomic E-state index is 9.37. The van der Waals surface area contributed by atoms with Crippen LogP contribution >= 0.6 is 0 Å². The number of rotatable bonds is 0. The summed E-state index contributed by atoms with van der Waals surface area (Å²) in [6.07, 6.45) is 0. The van der Waals surface area contributed by atoms with E-state index in [2.05, 4.69) is 0 Å². The lowest BCUT2D eigenvalue weighted by molar-refractivity contribution is 0.174. The van der Waals surface area contributed by atoms with Gasteiger partial charge in [-0.1, -0.05) is 36.4 Å². The van der Waals surface area contributed by atoms with Crippen molar-refractivity contribution in [3.63, 3.8) is 0 Å². The van der Waals surface area contributed by atoms with Crippen LogP contribution in [0.4, 0.5) is 0 Å². The molecule has 0 spiro atoms. The summed E-state index contributed by atoms with van der Waals surface area (Å²) < 4.78 is 10.0. The summed E-state index contributed by atoms with van der Waals surface area (Å²) in [6, 6.07) is 18.1. The highest BCUT2D eigenvalue weighted by atomic mass is 16.7. The average molecular weight is 282 g/mol. The summed E-state index contributed by atoms with van der Waals surface area (Å²) in [5.74, 6) is 1.85. The van der Waals surface area contributed by atoms with Gasteiger partial charge in [-0.25, -0.2) is 0 Å². The third-order valence-electron chi connectivity index (χ3n) is 3.12. The minimum absolute atomic E-state index is 0.198. The molecule has 1 aliphatic heterocycles. The van der Waals surface area contributed by atoms with Crippen LogP contribution in [0, 0.1) is 0 Å². The molecule has 0 unspecified atom stereocenters. The van der Waals surface area contributed by atoms with E-state index in [4.69, 9.17) is 14.6 Å². The van der Waals surface area contributed by atoms with Gasteiger partial charge in [0.2, 0.25) is 6.79 Å². The number of phenols is 2. The molecule has 3 aromatic rings. The number of hydrogen-bond donors (Lipinski definition) is 2. The van der Waals surface area contributed by atoms with Crippen molar-refractivity contribution in [1.82, 2.24) is 0 Å². The normalized spacial score (nSPS) is 11.8. The first kappa shape index (κ1) is 13.1. The molecule has 0 saturated heterocycles. The lowest BCUT2D eigenvalue weighted by atomic mass is 10.1. The van der Waals surface area contributed by atoms with Crippen LogP contribution in [0.1, 0.15) is 0 Å². The first-order chi connectivity index (χ1) is 10.2. The molecule has 2 N–H and O–H groups in total. The highest BCUT2D eigenvalue weighted by Gasteiger charge is 2.12. The standard InChI is InChI=1S/C10H8O.C7H6O3/c11-10-7-3-5-8-4-1-2-6-9(8)10;8-5-1-2-6-7(3-5)10-4-9-6/h1-7,11H;1-3,8H,4H2. The number of hydrogen-bond acceptors (Lipinski definition) is 4. The van der Waals surface area contributed by atoms with Crippen LogP contribution in [0.15, 0.2) is 60.7 Å². The topological polar surface area (TPSA) is 58.9 Å². The van der Waals surface area contributed by atoms with Gasteiger partial charge >= 0.3 is 0 Å². The molecule has 1 aliphatic rings. The SMILES string of the molecule is Oc1ccc2c(c1)OCO2.Oc1cccc2ccccc12. The monoisotopic (exact) mass is 282 g/mol. The molecule has 4 heteroatoms. The maximum Gasteiger partial charge on any atom is 0.231 e. The fourth-order valence-corrected chi connectivity index (χ4v) is 2.09. The Balaban J connectivity index is 0.000000126. The van der Waals surface area contributed by atoms with E-state index in [0.29, 0.717) is 17.2 Å². The molecule has 0 amide bonds. The van der Waals surface area contributed by atoms with Crippen molar-refractivity contribution in [3.8, 4) is 23.0 Å². The van der Waals surface area contributed by atoms with Crippen molar-refractivity contribution >= 4 is 10.8 Å². The molecule has 21 heavy (non-hydrogen) atoms. The molecule has 3 aromatic carbocycles. The molecular weight excluding hydrogens is 268 g/mol. The number of aromatic hydroxyl groups is 2. The zero-order valence-corrected chi connectivity index (χ0v) is 11.2. The van der Waals surface area contributed by atoms with Gasteiger partial charge in [0.25, 0.3) is 0 Å². The molecule has 4 rings (SSSR count). The Kier molecular flexibility index (Phi) is 3.51. The van der Waals surface area contributed by atoms with Crippen LogP contribution in [0.2, 0.25) is 0 Å². The second-order valence-corrected chi connectivity index (χ2v) is 4.54.